The number of anilines is 2. The molecular weight excluding hydrogens is 428 g/mol. The van der Waals surface area contributed by atoms with Crippen molar-refractivity contribution in [3.63, 3.8) is 0 Å². The third-order valence-electron chi connectivity index (χ3n) is 6.13. The highest BCUT2D eigenvalue weighted by Crippen LogP contribution is 2.33. The van der Waals surface area contributed by atoms with Gasteiger partial charge in [0.15, 0.2) is 0 Å². The number of carbonyl (C=O) groups is 2. The number of hydrogen-bond donors (Lipinski definition) is 0. The maximum Gasteiger partial charge on any atom is 0.229 e. The van der Waals surface area contributed by atoms with Crippen molar-refractivity contribution >= 4 is 23.2 Å². The lowest BCUT2D eigenvalue weighted by atomic mass is 9.80. The summed E-state index contributed by atoms with van der Waals surface area (Å²) in [6, 6.07) is 14.5. The molecule has 2 atom stereocenters. The van der Waals surface area contributed by atoms with Crippen molar-refractivity contribution in [1.29, 1.82) is 0 Å². The monoisotopic (exact) mass is 458 g/mol. The van der Waals surface area contributed by atoms with Crippen LogP contribution in [0.15, 0.2) is 48.5 Å². The molecule has 0 aromatic heterocycles. The second-order valence-corrected chi connectivity index (χ2v) is 8.33. The van der Waals surface area contributed by atoms with Gasteiger partial charge in [-0.2, -0.15) is 0 Å². The number of benzene rings is 2. The van der Waals surface area contributed by atoms with Crippen LogP contribution in [0.5, 0.6) is 11.5 Å². The van der Waals surface area contributed by atoms with Crippen molar-refractivity contribution < 1.29 is 19.1 Å². The third kappa shape index (κ3) is 6.11. The fraction of sp³-hybridized carbons (Fsp3) is 0.357. The smallest absolute Gasteiger partial charge is 0.229 e. The predicted molar refractivity (Wildman–Crippen MR) is 134 cm³/mol. The molecule has 6 heteroatoms. The summed E-state index contributed by atoms with van der Waals surface area (Å²) in [5, 5.41) is 0. The number of hydrogen-bond acceptors (Lipinski definition) is 4. The summed E-state index contributed by atoms with van der Waals surface area (Å²) in [5.74, 6) is 5.82. The van der Waals surface area contributed by atoms with Gasteiger partial charge in [-0.3, -0.25) is 9.59 Å². The molecule has 0 N–H and O–H groups in total. The summed E-state index contributed by atoms with van der Waals surface area (Å²) in [5.41, 5.74) is 1.55. The van der Waals surface area contributed by atoms with Crippen LogP contribution in [0.4, 0.5) is 11.4 Å². The minimum absolute atomic E-state index is 0.0208. The van der Waals surface area contributed by atoms with Gasteiger partial charge in [0.1, 0.15) is 24.7 Å². The molecule has 0 heterocycles. The van der Waals surface area contributed by atoms with Gasteiger partial charge in [0, 0.05) is 37.3 Å². The van der Waals surface area contributed by atoms with E-state index in [1.54, 1.807) is 48.2 Å². The second kappa shape index (κ2) is 11.8. The highest BCUT2D eigenvalue weighted by molar-refractivity contribution is 5.97. The maximum atomic E-state index is 13.2. The minimum Gasteiger partial charge on any atom is -0.481 e. The molecule has 0 unspecified atom stereocenters. The Morgan fingerprint density at radius 1 is 0.794 bits per heavy atom. The highest BCUT2D eigenvalue weighted by Gasteiger charge is 2.34. The Morgan fingerprint density at radius 2 is 1.18 bits per heavy atom. The van der Waals surface area contributed by atoms with Crippen molar-refractivity contribution in [2.75, 3.05) is 37.1 Å². The van der Waals surface area contributed by atoms with Crippen LogP contribution in [-0.2, 0) is 9.59 Å². The van der Waals surface area contributed by atoms with E-state index in [9.17, 15) is 9.59 Å². The summed E-state index contributed by atoms with van der Waals surface area (Å²) in [4.78, 5) is 29.7. The van der Waals surface area contributed by atoms with E-state index in [0.29, 0.717) is 17.9 Å². The molecule has 0 spiro atoms. The average molecular weight is 459 g/mol. The van der Waals surface area contributed by atoms with E-state index < -0.39 is 0 Å². The predicted octanol–water partition coefficient (Wildman–Crippen LogP) is 4.14. The summed E-state index contributed by atoms with van der Waals surface area (Å²) in [6.45, 7) is 0.396. The number of rotatable bonds is 8. The molecule has 0 bridgehead atoms. The van der Waals surface area contributed by atoms with Crippen molar-refractivity contribution in [3.8, 4) is 36.2 Å². The van der Waals surface area contributed by atoms with Gasteiger partial charge in [-0.1, -0.05) is 18.3 Å². The molecular formula is C28H30N2O4. The molecule has 1 fully saturated rings. The van der Waals surface area contributed by atoms with Crippen molar-refractivity contribution in [2.45, 2.75) is 25.7 Å². The number of nitrogens with zero attached hydrogens (tertiary/aromatic N) is 2. The van der Waals surface area contributed by atoms with Gasteiger partial charge in [-0.05, 0) is 67.8 Å². The Labute approximate surface area is 201 Å². The van der Waals surface area contributed by atoms with Gasteiger partial charge in [0.25, 0.3) is 0 Å². The molecule has 1 aliphatic rings. The fourth-order valence-electron chi connectivity index (χ4n) is 4.22. The van der Waals surface area contributed by atoms with Crippen LogP contribution in [0.3, 0.4) is 0 Å². The van der Waals surface area contributed by atoms with Crippen LogP contribution in [-0.4, -0.2) is 39.1 Å². The molecule has 1 aliphatic carbocycles. The average Bonchev–Trinajstić information content (AvgIpc) is 2.89. The topological polar surface area (TPSA) is 59.1 Å². The van der Waals surface area contributed by atoms with Gasteiger partial charge in [-0.15, -0.1) is 12.8 Å². The molecule has 0 aliphatic heterocycles. The number of terminal acetylenes is 2. The number of amides is 2. The van der Waals surface area contributed by atoms with Crippen LogP contribution in [0.2, 0.25) is 0 Å². The summed E-state index contributed by atoms with van der Waals surface area (Å²) >= 11 is 0. The lowest BCUT2D eigenvalue weighted by Crippen LogP contribution is -2.40. The van der Waals surface area contributed by atoms with Gasteiger partial charge < -0.3 is 19.3 Å². The third-order valence-corrected chi connectivity index (χ3v) is 6.13. The molecule has 3 rings (SSSR count). The lowest BCUT2D eigenvalue weighted by molar-refractivity contribution is -0.127. The molecule has 1 saturated carbocycles. The van der Waals surface area contributed by atoms with E-state index in [-0.39, 0.29) is 36.9 Å². The Bertz CT molecular complexity index is 978. The first-order valence-corrected chi connectivity index (χ1v) is 11.3. The van der Waals surface area contributed by atoms with Crippen LogP contribution in [0, 0.1) is 36.5 Å². The molecule has 34 heavy (non-hydrogen) atoms. The summed E-state index contributed by atoms with van der Waals surface area (Å²) in [7, 11) is 3.53. The summed E-state index contributed by atoms with van der Waals surface area (Å²) < 4.78 is 10.8. The molecule has 0 radical (unpaired) electrons. The zero-order chi connectivity index (χ0) is 24.5. The largest absolute Gasteiger partial charge is 0.481 e. The Balaban J connectivity index is 1.61. The van der Waals surface area contributed by atoms with E-state index in [1.165, 1.54) is 0 Å². The highest BCUT2D eigenvalue weighted by atomic mass is 16.5. The zero-order valence-corrected chi connectivity index (χ0v) is 19.7. The van der Waals surface area contributed by atoms with E-state index in [4.69, 9.17) is 22.3 Å². The van der Waals surface area contributed by atoms with Crippen LogP contribution < -0.4 is 19.3 Å². The molecule has 6 nitrogen and oxygen atoms in total. The van der Waals surface area contributed by atoms with E-state index in [0.717, 1.165) is 30.6 Å². The Morgan fingerprint density at radius 3 is 1.53 bits per heavy atom. The van der Waals surface area contributed by atoms with Crippen molar-refractivity contribution in [3.05, 3.63) is 48.5 Å². The van der Waals surface area contributed by atoms with Crippen molar-refractivity contribution in [1.82, 2.24) is 0 Å². The summed E-state index contributed by atoms with van der Waals surface area (Å²) in [6.07, 6.45) is 13.4. The van der Waals surface area contributed by atoms with E-state index >= 15 is 0 Å². The fourth-order valence-corrected chi connectivity index (χ4v) is 4.22. The van der Waals surface area contributed by atoms with Crippen LogP contribution in [0.1, 0.15) is 25.7 Å². The molecule has 2 amide bonds. The second-order valence-electron chi connectivity index (χ2n) is 8.33. The lowest BCUT2D eigenvalue weighted by Gasteiger charge is -2.32. The molecule has 176 valence electrons. The zero-order valence-electron chi connectivity index (χ0n) is 19.7. The Kier molecular flexibility index (Phi) is 8.60. The van der Waals surface area contributed by atoms with Crippen LogP contribution >= 0.6 is 0 Å². The van der Waals surface area contributed by atoms with Gasteiger partial charge in [0.2, 0.25) is 11.8 Å². The number of ether oxygens (including phenoxy) is 2. The quantitative estimate of drug-likeness (QED) is 0.558. The maximum absolute atomic E-state index is 13.2. The van der Waals surface area contributed by atoms with Crippen molar-refractivity contribution in [2.24, 2.45) is 11.8 Å². The normalized spacial score (nSPS) is 17.1. The Hall–Kier alpha value is -3.90. The first-order valence-electron chi connectivity index (χ1n) is 11.3. The standard InChI is InChI=1S/C28H30N2O4/c1-5-18-33-25-14-10-23(11-15-25)29(3)27(31)21-8-7-9-22(20-21)28(32)30(4)24-12-16-26(17-13-24)34-19-6-2/h1-2,10-17,21-22H,7-9,18-20H2,3-4H3/t21-,22+. The van der Waals surface area contributed by atoms with Gasteiger partial charge in [-0.25, -0.2) is 0 Å². The first kappa shape index (κ1) is 24.7. The molecule has 2 aromatic carbocycles. The molecule has 2 aromatic rings. The minimum atomic E-state index is -0.196. The van der Waals surface area contributed by atoms with Gasteiger partial charge >= 0.3 is 0 Å². The van der Waals surface area contributed by atoms with Gasteiger partial charge in [0.05, 0.1) is 0 Å². The SMILES string of the molecule is C#CCOc1ccc(N(C)C(=O)[C@@H]2CCC[C@H](C(=O)N(C)c3ccc(OCC#C)cc3)C2)cc1. The van der Waals surface area contributed by atoms with E-state index in [1.807, 2.05) is 24.3 Å². The first-order chi connectivity index (χ1) is 16.4. The molecule has 0 saturated heterocycles. The van der Waals surface area contributed by atoms with E-state index in [2.05, 4.69) is 11.8 Å². The number of carbonyl (C=O) groups excluding carboxylic acids is 2. The van der Waals surface area contributed by atoms with Crippen LogP contribution in [0.25, 0.3) is 0 Å².